The summed E-state index contributed by atoms with van der Waals surface area (Å²) in [6.07, 6.45) is 4.98. The Balaban J connectivity index is 1.90. The minimum absolute atomic E-state index is 0.177. The van der Waals surface area contributed by atoms with E-state index in [2.05, 4.69) is 48.7 Å². The molecule has 0 radical (unpaired) electrons. The Morgan fingerprint density at radius 1 is 1.38 bits per heavy atom. The molecule has 0 saturated carbocycles. The molecule has 0 aromatic heterocycles. The van der Waals surface area contributed by atoms with Crippen molar-refractivity contribution in [3.63, 3.8) is 0 Å². The van der Waals surface area contributed by atoms with Crippen molar-refractivity contribution in [3.8, 4) is 0 Å². The van der Waals surface area contributed by atoms with E-state index in [1.807, 2.05) is 6.07 Å². The maximum absolute atomic E-state index is 12.5. The van der Waals surface area contributed by atoms with Gasteiger partial charge in [0.05, 0.1) is 0 Å². The van der Waals surface area contributed by atoms with Crippen molar-refractivity contribution < 1.29 is 4.79 Å². The highest BCUT2D eigenvalue weighted by molar-refractivity contribution is 5.79. The van der Waals surface area contributed by atoms with E-state index in [0.29, 0.717) is 6.04 Å². The van der Waals surface area contributed by atoms with Gasteiger partial charge in [-0.25, -0.2) is 0 Å². The Morgan fingerprint density at radius 2 is 2.14 bits per heavy atom. The van der Waals surface area contributed by atoms with Crippen LogP contribution in [0.5, 0.6) is 0 Å². The largest absolute Gasteiger partial charge is 0.353 e. The van der Waals surface area contributed by atoms with Gasteiger partial charge in [-0.1, -0.05) is 43.7 Å². The zero-order valence-corrected chi connectivity index (χ0v) is 13.3. The summed E-state index contributed by atoms with van der Waals surface area (Å²) >= 11 is 0. The molecule has 2 N–H and O–H groups in total. The van der Waals surface area contributed by atoms with Gasteiger partial charge in [0.2, 0.25) is 5.91 Å². The molecule has 1 aromatic rings. The van der Waals surface area contributed by atoms with Crippen LogP contribution in [0.25, 0.3) is 0 Å². The van der Waals surface area contributed by atoms with Gasteiger partial charge in [0.25, 0.3) is 0 Å². The van der Waals surface area contributed by atoms with Crippen molar-refractivity contribution in [2.45, 2.75) is 58.0 Å². The first-order valence-corrected chi connectivity index (χ1v) is 8.26. The maximum Gasteiger partial charge on any atom is 0.223 e. The number of hydrogen-bond acceptors (Lipinski definition) is 2. The van der Waals surface area contributed by atoms with Gasteiger partial charge in [0.1, 0.15) is 0 Å². The third-order valence-electron chi connectivity index (χ3n) is 4.30. The normalized spacial score (nSPS) is 23.5. The van der Waals surface area contributed by atoms with Crippen LogP contribution in [0.2, 0.25) is 0 Å². The van der Waals surface area contributed by atoms with E-state index < -0.39 is 0 Å². The lowest BCUT2D eigenvalue weighted by Gasteiger charge is -2.29. The molecule has 1 amide bonds. The van der Waals surface area contributed by atoms with E-state index >= 15 is 0 Å². The first kappa shape index (κ1) is 16.0. The number of carbonyl (C=O) groups excluding carboxylic acids is 1. The van der Waals surface area contributed by atoms with Crippen molar-refractivity contribution in [1.29, 1.82) is 0 Å². The Morgan fingerprint density at radius 3 is 2.81 bits per heavy atom. The number of carbonyl (C=O) groups is 1. The molecule has 3 heteroatoms. The van der Waals surface area contributed by atoms with Gasteiger partial charge in [-0.3, -0.25) is 4.79 Å². The van der Waals surface area contributed by atoms with Crippen LogP contribution in [0.15, 0.2) is 30.3 Å². The number of nitrogens with one attached hydrogen (secondary N) is 2. The molecule has 1 aliphatic heterocycles. The number of piperidine rings is 1. The standard InChI is InChI=1S/C18H28N2O/c1-3-7-17(13-15-8-5-4-6-9-15)20-18(21)16-10-11-19-14(2)12-16/h4-6,8-9,14,16-17,19H,3,7,10-13H2,1-2H3,(H,20,21)/t14-,16-,17?/m0/s1. The van der Waals surface area contributed by atoms with Crippen LogP contribution in [-0.4, -0.2) is 24.5 Å². The van der Waals surface area contributed by atoms with E-state index in [-0.39, 0.29) is 17.9 Å². The fourth-order valence-corrected chi connectivity index (χ4v) is 3.16. The number of benzene rings is 1. The molecule has 3 nitrogen and oxygen atoms in total. The summed E-state index contributed by atoms with van der Waals surface area (Å²) in [7, 11) is 0. The molecular formula is C18H28N2O. The maximum atomic E-state index is 12.5. The van der Waals surface area contributed by atoms with Gasteiger partial charge < -0.3 is 10.6 Å². The van der Waals surface area contributed by atoms with Gasteiger partial charge in [0.15, 0.2) is 0 Å². The lowest BCUT2D eigenvalue weighted by molar-refractivity contribution is -0.126. The molecule has 1 unspecified atom stereocenters. The average Bonchev–Trinajstić information content (AvgIpc) is 2.48. The third-order valence-corrected chi connectivity index (χ3v) is 4.30. The summed E-state index contributed by atoms with van der Waals surface area (Å²) in [5.41, 5.74) is 1.30. The fourth-order valence-electron chi connectivity index (χ4n) is 3.16. The second-order valence-electron chi connectivity index (χ2n) is 6.26. The molecule has 1 saturated heterocycles. The summed E-state index contributed by atoms with van der Waals surface area (Å²) in [4.78, 5) is 12.5. The van der Waals surface area contributed by atoms with Gasteiger partial charge in [-0.2, -0.15) is 0 Å². The van der Waals surface area contributed by atoms with Crippen molar-refractivity contribution >= 4 is 5.91 Å². The quantitative estimate of drug-likeness (QED) is 0.845. The lowest BCUT2D eigenvalue weighted by atomic mass is 9.91. The highest BCUT2D eigenvalue weighted by atomic mass is 16.1. The highest BCUT2D eigenvalue weighted by Gasteiger charge is 2.26. The van der Waals surface area contributed by atoms with Gasteiger partial charge in [0, 0.05) is 18.0 Å². The van der Waals surface area contributed by atoms with Crippen LogP contribution < -0.4 is 10.6 Å². The van der Waals surface area contributed by atoms with E-state index in [1.165, 1.54) is 5.56 Å². The summed E-state index contributed by atoms with van der Waals surface area (Å²) in [5, 5.41) is 6.70. The molecule has 0 bridgehead atoms. The SMILES string of the molecule is CCCC(Cc1ccccc1)NC(=O)[C@H]1CCN[C@@H](C)C1. The molecule has 0 aliphatic carbocycles. The Bertz CT molecular complexity index is 432. The van der Waals surface area contributed by atoms with Crippen molar-refractivity contribution in [1.82, 2.24) is 10.6 Å². The predicted octanol–water partition coefficient (Wildman–Crippen LogP) is 2.90. The molecule has 116 valence electrons. The minimum atomic E-state index is 0.177. The molecule has 1 heterocycles. The second kappa shape index (κ2) is 8.18. The van der Waals surface area contributed by atoms with E-state index in [9.17, 15) is 4.79 Å². The van der Waals surface area contributed by atoms with Gasteiger partial charge in [-0.15, -0.1) is 0 Å². The smallest absolute Gasteiger partial charge is 0.223 e. The molecule has 21 heavy (non-hydrogen) atoms. The van der Waals surface area contributed by atoms with E-state index in [0.717, 1.165) is 38.6 Å². The van der Waals surface area contributed by atoms with E-state index in [4.69, 9.17) is 0 Å². The van der Waals surface area contributed by atoms with Crippen LogP contribution in [0, 0.1) is 5.92 Å². The molecule has 3 atom stereocenters. The molecule has 0 spiro atoms. The van der Waals surface area contributed by atoms with Crippen molar-refractivity contribution in [2.24, 2.45) is 5.92 Å². The average molecular weight is 288 g/mol. The van der Waals surface area contributed by atoms with Crippen LogP contribution in [-0.2, 0) is 11.2 Å². The van der Waals surface area contributed by atoms with Crippen LogP contribution in [0.4, 0.5) is 0 Å². The Labute approximate surface area is 128 Å². The summed E-state index contributed by atoms with van der Waals surface area (Å²) in [6, 6.07) is 11.2. The monoisotopic (exact) mass is 288 g/mol. The molecule has 1 aliphatic rings. The predicted molar refractivity (Wildman–Crippen MR) is 87.2 cm³/mol. The summed E-state index contributed by atoms with van der Waals surface area (Å²) in [6.45, 7) is 5.29. The van der Waals surface area contributed by atoms with Crippen molar-refractivity contribution in [2.75, 3.05) is 6.54 Å². The Hall–Kier alpha value is -1.35. The number of amides is 1. The zero-order chi connectivity index (χ0) is 15.1. The first-order chi connectivity index (χ1) is 10.2. The van der Waals surface area contributed by atoms with E-state index in [1.54, 1.807) is 0 Å². The lowest BCUT2D eigenvalue weighted by Crippen LogP contribution is -2.45. The first-order valence-electron chi connectivity index (χ1n) is 8.26. The van der Waals surface area contributed by atoms with Crippen LogP contribution >= 0.6 is 0 Å². The molecule has 1 aromatic carbocycles. The fraction of sp³-hybridized carbons (Fsp3) is 0.611. The summed E-state index contributed by atoms with van der Waals surface area (Å²) in [5.74, 6) is 0.425. The second-order valence-corrected chi connectivity index (χ2v) is 6.26. The van der Waals surface area contributed by atoms with Crippen LogP contribution in [0.1, 0.15) is 45.1 Å². The molecular weight excluding hydrogens is 260 g/mol. The Kier molecular flexibility index (Phi) is 6.24. The number of rotatable bonds is 6. The minimum Gasteiger partial charge on any atom is -0.353 e. The highest BCUT2D eigenvalue weighted by Crippen LogP contribution is 2.17. The van der Waals surface area contributed by atoms with Crippen LogP contribution in [0.3, 0.4) is 0 Å². The van der Waals surface area contributed by atoms with Gasteiger partial charge >= 0.3 is 0 Å². The van der Waals surface area contributed by atoms with Gasteiger partial charge in [-0.05, 0) is 44.7 Å². The zero-order valence-electron chi connectivity index (χ0n) is 13.3. The number of hydrogen-bond donors (Lipinski definition) is 2. The topological polar surface area (TPSA) is 41.1 Å². The summed E-state index contributed by atoms with van der Waals surface area (Å²) < 4.78 is 0. The molecule has 1 fully saturated rings. The molecule has 2 rings (SSSR count). The van der Waals surface area contributed by atoms with Crippen molar-refractivity contribution in [3.05, 3.63) is 35.9 Å². The third kappa shape index (κ3) is 5.16.